The Hall–Kier alpha value is -5.56. The van der Waals surface area contributed by atoms with E-state index >= 15 is 0 Å². The van der Waals surface area contributed by atoms with Gasteiger partial charge in [0.15, 0.2) is 0 Å². The fraction of sp³-hybridized carbons (Fsp3) is 0.200. The number of fused-ring (bicyclic) bond motifs is 4. The molecule has 0 saturated carbocycles. The maximum atomic E-state index is 4.99. The van der Waals surface area contributed by atoms with Crippen LogP contribution in [0.2, 0.25) is 0 Å². The molecule has 0 atom stereocenters. The predicted octanol–water partition coefficient (Wildman–Crippen LogP) is 13.9. The highest BCUT2D eigenvalue weighted by atomic mass is 32.1. The lowest BCUT2D eigenvalue weighted by Crippen LogP contribution is -2.29. The van der Waals surface area contributed by atoms with Crippen molar-refractivity contribution in [2.24, 2.45) is 0 Å². The van der Waals surface area contributed by atoms with Crippen LogP contribution < -0.4 is 9.80 Å². The van der Waals surface area contributed by atoms with Crippen molar-refractivity contribution in [2.45, 2.75) is 38.5 Å². The zero-order valence-corrected chi connectivity index (χ0v) is 33.0. The van der Waals surface area contributed by atoms with Gasteiger partial charge in [0.2, 0.25) is 0 Å². The minimum Gasteiger partial charge on any atom is -0.372 e. The fourth-order valence-electron chi connectivity index (χ4n) is 9.07. The van der Waals surface area contributed by atoms with E-state index in [2.05, 4.69) is 143 Å². The predicted molar refractivity (Wildman–Crippen MR) is 242 cm³/mol. The largest absolute Gasteiger partial charge is 0.372 e. The van der Waals surface area contributed by atoms with Crippen LogP contribution in [0.3, 0.4) is 0 Å². The molecule has 0 bridgehead atoms. The Morgan fingerprint density at radius 2 is 0.768 bits per heavy atom. The van der Waals surface area contributed by atoms with E-state index in [-0.39, 0.29) is 0 Å². The molecule has 56 heavy (non-hydrogen) atoms. The van der Waals surface area contributed by atoms with Gasteiger partial charge < -0.3 is 9.80 Å². The lowest BCUT2D eigenvalue weighted by Gasteiger charge is -2.30. The number of para-hydroxylation sites is 2. The number of nitrogens with zero attached hydrogens (tertiary/aromatic N) is 4. The Balaban J connectivity index is 1.12. The first-order valence-corrected chi connectivity index (χ1v) is 21.8. The van der Waals surface area contributed by atoms with Crippen molar-refractivity contribution in [3.05, 3.63) is 133 Å². The van der Waals surface area contributed by atoms with Gasteiger partial charge in [0, 0.05) is 48.7 Å². The number of rotatable bonds is 6. The number of hydrogen-bond donors (Lipinski definition) is 0. The molecule has 2 aliphatic heterocycles. The molecule has 4 nitrogen and oxygen atoms in total. The lowest BCUT2D eigenvalue weighted by atomic mass is 9.85. The number of piperidine rings is 2. The van der Waals surface area contributed by atoms with Gasteiger partial charge in [-0.05, 0) is 131 Å². The standard InChI is InChI=1S/C50H42N4S2/c1-7-27-53(28-8-1)37-23-25-39-41(31-37)47(33-15-19-35(20-16-33)49-51-43-11-3-5-13-45(43)55-49)40-26-24-38(54-29-9-2-10-30-54)32-42(40)48(39)34-17-21-36(22-18-34)50-52-44-12-4-6-14-46(44)56-50/h3-6,11-26,31-32H,1-2,7-10,27-30H2. The van der Waals surface area contributed by atoms with E-state index in [9.17, 15) is 0 Å². The second kappa shape index (κ2) is 14.2. The normalized spacial score (nSPS) is 15.1. The number of hydrogen-bond acceptors (Lipinski definition) is 6. The summed E-state index contributed by atoms with van der Waals surface area (Å²) in [6, 6.07) is 49.9. The Morgan fingerprint density at radius 3 is 1.18 bits per heavy atom. The van der Waals surface area contributed by atoms with Gasteiger partial charge in [-0.2, -0.15) is 0 Å². The second-order valence-electron chi connectivity index (χ2n) is 15.4. The van der Waals surface area contributed by atoms with Gasteiger partial charge in [0.1, 0.15) is 10.0 Å². The molecule has 11 rings (SSSR count). The fourth-order valence-corrected chi connectivity index (χ4v) is 11.0. The summed E-state index contributed by atoms with van der Waals surface area (Å²) in [6.07, 6.45) is 7.64. The summed E-state index contributed by atoms with van der Waals surface area (Å²) in [5, 5.41) is 7.35. The molecule has 274 valence electrons. The van der Waals surface area contributed by atoms with Gasteiger partial charge in [0.05, 0.1) is 20.4 Å². The molecule has 0 aliphatic carbocycles. The van der Waals surface area contributed by atoms with Crippen LogP contribution in [0, 0.1) is 0 Å². The zero-order valence-electron chi connectivity index (χ0n) is 31.4. The van der Waals surface area contributed by atoms with E-state index in [0.717, 1.165) is 58.4 Å². The van der Waals surface area contributed by atoms with E-state index in [0.29, 0.717) is 0 Å². The molecule has 2 fully saturated rings. The van der Waals surface area contributed by atoms with Crippen LogP contribution in [0.4, 0.5) is 11.4 Å². The minimum absolute atomic E-state index is 1.06. The van der Waals surface area contributed by atoms with Crippen molar-refractivity contribution < 1.29 is 0 Å². The quantitative estimate of drug-likeness (QED) is 0.158. The molecule has 2 aromatic heterocycles. The van der Waals surface area contributed by atoms with Crippen LogP contribution in [-0.4, -0.2) is 36.1 Å². The molecule has 4 heterocycles. The van der Waals surface area contributed by atoms with Crippen molar-refractivity contribution in [3.63, 3.8) is 0 Å². The molecule has 0 unspecified atom stereocenters. The average molecular weight is 763 g/mol. The Morgan fingerprint density at radius 1 is 0.375 bits per heavy atom. The third kappa shape index (κ3) is 6.03. The molecule has 0 amide bonds. The number of thiazole rings is 2. The maximum Gasteiger partial charge on any atom is 0.124 e. The highest BCUT2D eigenvalue weighted by Gasteiger charge is 2.22. The van der Waals surface area contributed by atoms with Crippen molar-refractivity contribution in [1.82, 2.24) is 9.97 Å². The summed E-state index contributed by atoms with van der Waals surface area (Å²) in [4.78, 5) is 15.2. The van der Waals surface area contributed by atoms with Crippen LogP contribution in [0.1, 0.15) is 38.5 Å². The molecule has 9 aromatic rings. The molecular weight excluding hydrogens is 721 g/mol. The molecule has 7 aromatic carbocycles. The van der Waals surface area contributed by atoms with Crippen LogP contribution >= 0.6 is 22.7 Å². The highest BCUT2D eigenvalue weighted by Crippen LogP contribution is 2.47. The van der Waals surface area contributed by atoms with Crippen molar-refractivity contribution in [1.29, 1.82) is 0 Å². The molecule has 2 aliphatic rings. The monoisotopic (exact) mass is 762 g/mol. The van der Waals surface area contributed by atoms with Gasteiger partial charge in [0.25, 0.3) is 0 Å². The first kappa shape index (κ1) is 33.8. The topological polar surface area (TPSA) is 32.3 Å². The van der Waals surface area contributed by atoms with E-state index in [1.165, 1.54) is 103 Å². The Bertz CT molecular complexity index is 2610. The van der Waals surface area contributed by atoms with Crippen molar-refractivity contribution >= 4 is 76.0 Å². The SMILES string of the molecule is c1ccc2sc(-c3ccc(-c4c5ccc(N6CCCCC6)cc5c(-c5ccc(-c6nc7ccccc7s6)cc5)c5ccc(N6CCCCC6)cc45)cc3)nc2c1. The smallest absolute Gasteiger partial charge is 0.124 e. The van der Waals surface area contributed by atoms with Crippen LogP contribution in [0.15, 0.2) is 133 Å². The molecule has 0 spiro atoms. The average Bonchev–Trinajstić information content (AvgIpc) is 3.91. The Kier molecular flexibility index (Phi) is 8.55. The van der Waals surface area contributed by atoms with Crippen molar-refractivity contribution in [2.75, 3.05) is 36.0 Å². The highest BCUT2D eigenvalue weighted by molar-refractivity contribution is 7.22. The van der Waals surface area contributed by atoms with Crippen LogP contribution in [-0.2, 0) is 0 Å². The number of benzene rings is 7. The van der Waals surface area contributed by atoms with Gasteiger partial charge in [-0.15, -0.1) is 22.7 Å². The van der Waals surface area contributed by atoms with Gasteiger partial charge in [-0.25, -0.2) is 9.97 Å². The Labute approximate surface area is 335 Å². The number of anilines is 2. The summed E-state index contributed by atoms with van der Waals surface area (Å²) in [5.41, 5.74) is 12.2. The summed E-state index contributed by atoms with van der Waals surface area (Å²) in [5.74, 6) is 0. The molecule has 0 radical (unpaired) electrons. The van der Waals surface area contributed by atoms with Crippen LogP contribution in [0.5, 0.6) is 0 Å². The maximum absolute atomic E-state index is 4.99. The summed E-state index contributed by atoms with van der Waals surface area (Å²) in [7, 11) is 0. The van der Waals surface area contributed by atoms with Gasteiger partial charge in [-0.1, -0.05) is 84.9 Å². The second-order valence-corrected chi connectivity index (χ2v) is 17.5. The molecular formula is C50H42N4S2. The molecule has 0 N–H and O–H groups in total. The third-order valence-corrected chi connectivity index (χ3v) is 14.1. The summed E-state index contributed by atoms with van der Waals surface area (Å²) < 4.78 is 2.45. The molecule has 2 saturated heterocycles. The lowest BCUT2D eigenvalue weighted by molar-refractivity contribution is 0.578. The van der Waals surface area contributed by atoms with E-state index < -0.39 is 0 Å². The van der Waals surface area contributed by atoms with Gasteiger partial charge in [-0.3, -0.25) is 0 Å². The van der Waals surface area contributed by atoms with Crippen molar-refractivity contribution in [3.8, 4) is 43.4 Å². The molecule has 6 heteroatoms. The number of aromatic nitrogens is 2. The van der Waals surface area contributed by atoms with E-state index in [1.807, 2.05) is 0 Å². The zero-order chi connectivity index (χ0) is 37.0. The summed E-state index contributed by atoms with van der Waals surface area (Å²) >= 11 is 3.53. The van der Waals surface area contributed by atoms with Crippen LogP contribution in [0.25, 0.3) is 85.4 Å². The van der Waals surface area contributed by atoms with E-state index in [4.69, 9.17) is 9.97 Å². The van der Waals surface area contributed by atoms with E-state index in [1.54, 1.807) is 22.7 Å². The third-order valence-electron chi connectivity index (χ3n) is 12.0. The summed E-state index contributed by atoms with van der Waals surface area (Å²) in [6.45, 7) is 4.46. The first-order valence-electron chi connectivity index (χ1n) is 20.2. The van der Waals surface area contributed by atoms with Gasteiger partial charge >= 0.3 is 0 Å². The first-order chi connectivity index (χ1) is 27.7. The minimum atomic E-state index is 1.06.